The topological polar surface area (TPSA) is 77.9 Å². The molecule has 7 heteroatoms. The van der Waals surface area contributed by atoms with E-state index in [1.165, 1.54) is 16.4 Å². The number of carboxylic acid groups (broad SMARTS) is 1. The number of carboxylic acids is 1. The Morgan fingerprint density at radius 1 is 1.15 bits per heavy atom. The van der Waals surface area contributed by atoms with Crippen molar-refractivity contribution < 1.29 is 18.3 Å². The van der Waals surface area contributed by atoms with Crippen molar-refractivity contribution in [2.75, 3.05) is 33.2 Å². The fourth-order valence-corrected chi connectivity index (χ4v) is 3.63. The van der Waals surface area contributed by atoms with E-state index < -0.39 is 16.0 Å². The molecule has 0 atom stereocenters. The Kier molecular flexibility index (Phi) is 4.42. The molecule has 1 fully saturated rings. The highest BCUT2D eigenvalue weighted by Gasteiger charge is 2.25. The maximum absolute atomic E-state index is 12.3. The standard InChI is InChI=1S/C13H18N2O4S/c1-14-6-8-15(9-7-14)20(18,19)10-11-2-4-12(5-3-11)13(16)17/h2-5H,6-10H2,1H3,(H,16,17). The van der Waals surface area contributed by atoms with E-state index in [1.54, 1.807) is 12.1 Å². The van der Waals surface area contributed by atoms with E-state index in [4.69, 9.17) is 5.11 Å². The number of carbonyl (C=O) groups is 1. The molecule has 0 amide bonds. The monoisotopic (exact) mass is 298 g/mol. The summed E-state index contributed by atoms with van der Waals surface area (Å²) in [6, 6.07) is 5.96. The summed E-state index contributed by atoms with van der Waals surface area (Å²) >= 11 is 0. The smallest absolute Gasteiger partial charge is 0.335 e. The molecule has 1 N–H and O–H groups in total. The van der Waals surface area contributed by atoms with Crippen molar-refractivity contribution in [3.8, 4) is 0 Å². The van der Waals surface area contributed by atoms with Gasteiger partial charge in [-0.15, -0.1) is 0 Å². The lowest BCUT2D eigenvalue weighted by Gasteiger charge is -2.31. The number of piperazine rings is 1. The van der Waals surface area contributed by atoms with Gasteiger partial charge in [-0.2, -0.15) is 4.31 Å². The van der Waals surface area contributed by atoms with Crippen molar-refractivity contribution in [2.24, 2.45) is 0 Å². The number of benzene rings is 1. The SMILES string of the molecule is CN1CCN(S(=O)(=O)Cc2ccc(C(=O)O)cc2)CC1. The first kappa shape index (κ1) is 15.0. The molecule has 6 nitrogen and oxygen atoms in total. The van der Waals surface area contributed by atoms with Crippen LogP contribution in [0.25, 0.3) is 0 Å². The number of hydrogen-bond acceptors (Lipinski definition) is 4. The Morgan fingerprint density at radius 3 is 2.20 bits per heavy atom. The van der Waals surface area contributed by atoms with E-state index in [-0.39, 0.29) is 11.3 Å². The van der Waals surface area contributed by atoms with Crippen molar-refractivity contribution in [1.29, 1.82) is 0 Å². The van der Waals surface area contributed by atoms with Crippen molar-refractivity contribution in [3.63, 3.8) is 0 Å². The zero-order valence-corrected chi connectivity index (χ0v) is 12.1. The number of likely N-dealkylation sites (N-methyl/N-ethyl adjacent to an activating group) is 1. The van der Waals surface area contributed by atoms with E-state index in [0.717, 1.165) is 13.1 Å². The molecule has 1 saturated heterocycles. The Bertz CT molecular complexity index is 575. The molecule has 1 aromatic rings. The second-order valence-corrected chi connectivity index (χ2v) is 6.93. The third-order valence-electron chi connectivity index (χ3n) is 3.41. The van der Waals surface area contributed by atoms with Crippen molar-refractivity contribution in [1.82, 2.24) is 9.21 Å². The van der Waals surface area contributed by atoms with Crippen molar-refractivity contribution in [2.45, 2.75) is 5.75 Å². The summed E-state index contributed by atoms with van der Waals surface area (Å²) in [6.07, 6.45) is 0. The Morgan fingerprint density at radius 2 is 1.70 bits per heavy atom. The summed E-state index contributed by atoms with van der Waals surface area (Å²) in [5, 5.41) is 8.81. The van der Waals surface area contributed by atoms with Gasteiger partial charge in [0.25, 0.3) is 0 Å². The van der Waals surface area contributed by atoms with Crippen LogP contribution in [0.2, 0.25) is 0 Å². The maximum Gasteiger partial charge on any atom is 0.335 e. The summed E-state index contributed by atoms with van der Waals surface area (Å²) in [7, 11) is -1.37. The van der Waals surface area contributed by atoms with Gasteiger partial charge in [-0.25, -0.2) is 13.2 Å². The molecule has 1 aliphatic heterocycles. The second-order valence-electron chi connectivity index (χ2n) is 4.96. The highest BCUT2D eigenvalue weighted by molar-refractivity contribution is 7.88. The van der Waals surface area contributed by atoms with Gasteiger partial charge in [0.15, 0.2) is 0 Å². The van der Waals surface area contributed by atoms with Crippen LogP contribution >= 0.6 is 0 Å². The first-order valence-electron chi connectivity index (χ1n) is 6.37. The third-order valence-corrected chi connectivity index (χ3v) is 5.26. The predicted octanol–water partition coefficient (Wildman–Crippen LogP) is 0.462. The molecule has 2 rings (SSSR count). The summed E-state index contributed by atoms with van der Waals surface area (Å²) in [4.78, 5) is 12.8. The third kappa shape index (κ3) is 3.56. The van der Waals surface area contributed by atoms with Crippen LogP contribution < -0.4 is 0 Å². The van der Waals surface area contributed by atoms with Gasteiger partial charge in [0.2, 0.25) is 10.0 Å². The maximum atomic E-state index is 12.3. The minimum atomic E-state index is -3.33. The van der Waals surface area contributed by atoms with Gasteiger partial charge in [-0.05, 0) is 24.7 Å². The van der Waals surface area contributed by atoms with Crippen LogP contribution in [0.15, 0.2) is 24.3 Å². The summed E-state index contributed by atoms with van der Waals surface area (Å²) in [5.41, 5.74) is 0.764. The van der Waals surface area contributed by atoms with Crippen molar-refractivity contribution in [3.05, 3.63) is 35.4 Å². The molecular formula is C13H18N2O4S. The molecule has 1 heterocycles. The van der Waals surface area contributed by atoms with Crippen LogP contribution in [0, 0.1) is 0 Å². The largest absolute Gasteiger partial charge is 0.478 e. The quantitative estimate of drug-likeness (QED) is 0.874. The molecular weight excluding hydrogens is 280 g/mol. The summed E-state index contributed by atoms with van der Waals surface area (Å²) < 4.78 is 26.0. The van der Waals surface area contributed by atoms with Crippen LogP contribution in [0.1, 0.15) is 15.9 Å². The normalized spacial score (nSPS) is 18.1. The minimum Gasteiger partial charge on any atom is -0.478 e. The van der Waals surface area contributed by atoms with Gasteiger partial charge >= 0.3 is 5.97 Å². The van der Waals surface area contributed by atoms with E-state index in [1.807, 2.05) is 7.05 Å². The summed E-state index contributed by atoms with van der Waals surface area (Å²) in [5.74, 6) is -1.10. The van der Waals surface area contributed by atoms with Crippen molar-refractivity contribution >= 4 is 16.0 Å². The Hall–Kier alpha value is -1.44. The number of hydrogen-bond donors (Lipinski definition) is 1. The zero-order chi connectivity index (χ0) is 14.8. The summed E-state index contributed by atoms with van der Waals surface area (Å²) in [6.45, 7) is 2.48. The van der Waals surface area contributed by atoms with Gasteiger partial charge in [0.05, 0.1) is 11.3 Å². The van der Waals surface area contributed by atoms with E-state index in [9.17, 15) is 13.2 Å². The first-order valence-corrected chi connectivity index (χ1v) is 7.98. The highest BCUT2D eigenvalue weighted by Crippen LogP contribution is 2.14. The Balaban J connectivity index is 2.06. The second kappa shape index (κ2) is 5.90. The van der Waals surface area contributed by atoms with Crippen LogP contribution in [-0.4, -0.2) is 61.9 Å². The van der Waals surface area contributed by atoms with E-state index >= 15 is 0 Å². The fraction of sp³-hybridized carbons (Fsp3) is 0.462. The predicted molar refractivity (Wildman–Crippen MR) is 75.1 cm³/mol. The number of sulfonamides is 1. The average molecular weight is 298 g/mol. The zero-order valence-electron chi connectivity index (χ0n) is 11.3. The van der Waals surface area contributed by atoms with Gasteiger partial charge in [0.1, 0.15) is 0 Å². The molecule has 110 valence electrons. The van der Waals surface area contributed by atoms with Gasteiger partial charge in [-0.1, -0.05) is 12.1 Å². The molecule has 0 aliphatic carbocycles. The first-order chi connectivity index (χ1) is 9.38. The average Bonchev–Trinajstić information content (AvgIpc) is 2.39. The molecule has 1 aliphatic rings. The van der Waals surface area contributed by atoms with Crippen LogP contribution in [-0.2, 0) is 15.8 Å². The lowest BCUT2D eigenvalue weighted by atomic mass is 10.1. The molecule has 0 bridgehead atoms. The molecule has 0 aromatic heterocycles. The van der Waals surface area contributed by atoms with Crippen LogP contribution in [0.3, 0.4) is 0 Å². The highest BCUT2D eigenvalue weighted by atomic mass is 32.2. The number of nitrogens with zero attached hydrogens (tertiary/aromatic N) is 2. The molecule has 1 aromatic carbocycles. The van der Waals surface area contributed by atoms with E-state index in [2.05, 4.69) is 4.90 Å². The number of rotatable bonds is 4. The molecule has 0 saturated carbocycles. The molecule has 0 radical (unpaired) electrons. The number of aromatic carboxylic acids is 1. The van der Waals surface area contributed by atoms with Gasteiger partial charge in [-0.3, -0.25) is 0 Å². The van der Waals surface area contributed by atoms with Crippen LogP contribution in [0.5, 0.6) is 0 Å². The minimum absolute atomic E-state index is 0.0867. The molecule has 20 heavy (non-hydrogen) atoms. The fourth-order valence-electron chi connectivity index (χ4n) is 2.11. The lowest BCUT2D eigenvalue weighted by Crippen LogP contribution is -2.47. The van der Waals surface area contributed by atoms with Gasteiger partial charge in [0, 0.05) is 26.2 Å². The van der Waals surface area contributed by atoms with E-state index in [0.29, 0.717) is 18.7 Å². The lowest BCUT2D eigenvalue weighted by molar-refractivity contribution is 0.0697. The Labute approximate surface area is 118 Å². The molecule has 0 spiro atoms. The molecule has 0 unspecified atom stereocenters. The van der Waals surface area contributed by atoms with Gasteiger partial charge < -0.3 is 10.0 Å². The van der Waals surface area contributed by atoms with Crippen LogP contribution in [0.4, 0.5) is 0 Å².